The van der Waals surface area contributed by atoms with Gasteiger partial charge in [0.2, 0.25) is 0 Å². The van der Waals surface area contributed by atoms with Crippen molar-refractivity contribution in [3.8, 4) is 0 Å². The molecule has 1 aromatic rings. The molecule has 0 saturated carbocycles. The number of hydrogen-bond acceptors (Lipinski definition) is 4. The van der Waals surface area contributed by atoms with Gasteiger partial charge in [0.25, 0.3) is 0 Å². The van der Waals surface area contributed by atoms with Crippen molar-refractivity contribution < 1.29 is 4.74 Å². The zero-order valence-electron chi connectivity index (χ0n) is 9.73. The molecule has 0 N–H and O–H groups in total. The molecule has 16 heavy (non-hydrogen) atoms. The third-order valence-corrected chi connectivity index (χ3v) is 4.07. The summed E-state index contributed by atoms with van der Waals surface area (Å²) in [6, 6.07) is 3.49. The Morgan fingerprint density at radius 3 is 2.62 bits per heavy atom. The predicted octanol–water partition coefficient (Wildman–Crippen LogP) is 2.07. The lowest BCUT2D eigenvalue weighted by atomic mass is 10.2. The van der Waals surface area contributed by atoms with Crippen molar-refractivity contribution in [2.45, 2.75) is 19.8 Å². The van der Waals surface area contributed by atoms with E-state index in [1.165, 1.54) is 0 Å². The second-order valence-electron chi connectivity index (χ2n) is 4.29. The lowest BCUT2D eigenvalue weighted by Gasteiger charge is -2.28. The Morgan fingerprint density at radius 1 is 1.31 bits per heavy atom. The van der Waals surface area contributed by atoms with Crippen LogP contribution in [0.25, 0.3) is 0 Å². The Balaban J connectivity index is 2.29. The van der Waals surface area contributed by atoms with Crippen molar-refractivity contribution in [3.05, 3.63) is 27.2 Å². The molecule has 0 bridgehead atoms. The molecule has 1 aliphatic rings. The zero-order chi connectivity index (χ0) is 11.5. The van der Waals surface area contributed by atoms with E-state index in [9.17, 15) is 4.79 Å². The average molecular weight is 239 g/mol. The van der Waals surface area contributed by atoms with Gasteiger partial charge in [-0.05, 0) is 12.0 Å². The van der Waals surface area contributed by atoms with E-state index in [-0.39, 0.29) is 5.43 Å². The van der Waals surface area contributed by atoms with Crippen molar-refractivity contribution >= 4 is 16.3 Å². The van der Waals surface area contributed by atoms with Crippen LogP contribution in [0.2, 0.25) is 0 Å². The summed E-state index contributed by atoms with van der Waals surface area (Å²) in [5, 5.41) is 1.08. The zero-order valence-corrected chi connectivity index (χ0v) is 10.5. The van der Waals surface area contributed by atoms with E-state index >= 15 is 0 Å². The highest BCUT2D eigenvalue weighted by Crippen LogP contribution is 2.27. The molecule has 0 spiro atoms. The number of hydrogen-bond donors (Lipinski definition) is 0. The molecule has 2 rings (SSSR count). The normalized spacial score (nSPS) is 16.8. The highest BCUT2D eigenvalue weighted by molar-refractivity contribution is 7.15. The molecule has 0 aliphatic carbocycles. The smallest absolute Gasteiger partial charge is 0.182 e. The second-order valence-corrected chi connectivity index (χ2v) is 5.38. The van der Waals surface area contributed by atoms with E-state index in [1.807, 2.05) is 0 Å². The molecule has 0 aromatic carbocycles. The largest absolute Gasteiger partial charge is 0.378 e. The molecule has 0 unspecified atom stereocenters. The topological polar surface area (TPSA) is 29.5 Å². The van der Waals surface area contributed by atoms with Crippen LogP contribution in [0.1, 0.15) is 24.6 Å². The summed E-state index contributed by atoms with van der Waals surface area (Å²) in [5.74, 6) is 0.415. The Kier molecular flexibility index (Phi) is 3.61. The second kappa shape index (κ2) is 4.97. The number of morpholine rings is 1. The van der Waals surface area contributed by atoms with Crippen molar-refractivity contribution in [2.75, 3.05) is 31.2 Å². The summed E-state index contributed by atoms with van der Waals surface area (Å²) in [4.78, 5) is 15.0. The fourth-order valence-electron chi connectivity index (χ4n) is 1.71. The van der Waals surface area contributed by atoms with Crippen molar-refractivity contribution in [3.63, 3.8) is 0 Å². The summed E-state index contributed by atoms with van der Waals surface area (Å²) in [6.45, 7) is 7.53. The van der Waals surface area contributed by atoms with Gasteiger partial charge >= 0.3 is 0 Å². The Labute approximate surface area is 99.7 Å². The van der Waals surface area contributed by atoms with Crippen LogP contribution in [0.3, 0.4) is 0 Å². The van der Waals surface area contributed by atoms with Gasteiger partial charge in [0.05, 0.1) is 18.2 Å². The van der Waals surface area contributed by atoms with Crippen LogP contribution < -0.4 is 10.3 Å². The van der Waals surface area contributed by atoms with Gasteiger partial charge in [-0.3, -0.25) is 4.79 Å². The fraction of sp³-hybridized carbons (Fsp3) is 0.583. The van der Waals surface area contributed by atoms with Crippen LogP contribution >= 0.6 is 11.3 Å². The summed E-state index contributed by atoms with van der Waals surface area (Å²) >= 11 is 1.72. The van der Waals surface area contributed by atoms with Crippen LogP contribution in [0, 0.1) is 0 Å². The Morgan fingerprint density at radius 2 is 2.00 bits per heavy atom. The molecule has 0 radical (unpaired) electrons. The molecule has 88 valence electrons. The van der Waals surface area contributed by atoms with Crippen molar-refractivity contribution in [1.82, 2.24) is 0 Å². The predicted molar refractivity (Wildman–Crippen MR) is 67.7 cm³/mol. The van der Waals surface area contributed by atoms with E-state index in [1.54, 1.807) is 23.5 Å². The molecule has 1 fully saturated rings. The number of rotatable bonds is 2. The van der Waals surface area contributed by atoms with Gasteiger partial charge in [0.15, 0.2) is 5.43 Å². The standard InChI is InChI=1S/C12H17NO2S/c1-9(2)11-7-10(14)8-12(16-11)13-3-5-15-6-4-13/h7-9H,3-6H2,1-2H3. The SMILES string of the molecule is CC(C)c1cc(=O)cc(N2CCOCC2)s1. The van der Waals surface area contributed by atoms with Gasteiger partial charge < -0.3 is 9.64 Å². The van der Waals surface area contributed by atoms with Gasteiger partial charge in [-0.25, -0.2) is 0 Å². The third kappa shape index (κ3) is 2.62. The Bertz CT molecular complexity index is 408. The molecule has 0 amide bonds. The maximum absolute atomic E-state index is 11.6. The molecule has 1 saturated heterocycles. The number of anilines is 1. The minimum Gasteiger partial charge on any atom is -0.378 e. The molecular formula is C12H17NO2S. The fourth-order valence-corrected chi connectivity index (χ4v) is 2.85. The summed E-state index contributed by atoms with van der Waals surface area (Å²) in [5.41, 5.74) is 0.115. The average Bonchev–Trinajstić information content (AvgIpc) is 2.29. The minimum atomic E-state index is 0.115. The van der Waals surface area contributed by atoms with Crippen LogP contribution in [-0.2, 0) is 4.74 Å². The van der Waals surface area contributed by atoms with Crippen molar-refractivity contribution in [2.24, 2.45) is 0 Å². The van der Waals surface area contributed by atoms with Crippen LogP contribution in [0.15, 0.2) is 16.9 Å². The van der Waals surface area contributed by atoms with Crippen molar-refractivity contribution in [1.29, 1.82) is 0 Å². The maximum atomic E-state index is 11.6. The Hall–Kier alpha value is -0.870. The third-order valence-electron chi connectivity index (χ3n) is 2.66. The van der Waals surface area contributed by atoms with E-state index in [0.717, 1.165) is 36.2 Å². The molecule has 0 atom stereocenters. The molecule has 4 heteroatoms. The van der Waals surface area contributed by atoms with E-state index in [4.69, 9.17) is 4.74 Å². The first-order chi connectivity index (χ1) is 7.66. The number of ether oxygens (including phenoxy) is 1. The lowest BCUT2D eigenvalue weighted by Crippen LogP contribution is -2.36. The molecule has 1 aromatic heterocycles. The molecular weight excluding hydrogens is 222 g/mol. The maximum Gasteiger partial charge on any atom is 0.182 e. The summed E-state index contributed by atoms with van der Waals surface area (Å²) < 4.78 is 5.31. The first kappa shape index (κ1) is 11.6. The van der Waals surface area contributed by atoms with Gasteiger partial charge in [-0.2, -0.15) is 0 Å². The van der Waals surface area contributed by atoms with E-state index in [0.29, 0.717) is 5.92 Å². The van der Waals surface area contributed by atoms with E-state index in [2.05, 4.69) is 18.7 Å². The highest BCUT2D eigenvalue weighted by Gasteiger charge is 2.13. The first-order valence-electron chi connectivity index (χ1n) is 5.64. The lowest BCUT2D eigenvalue weighted by molar-refractivity contribution is 0.123. The van der Waals surface area contributed by atoms with Gasteiger partial charge in [-0.15, -0.1) is 11.3 Å². The van der Waals surface area contributed by atoms with Crippen LogP contribution in [-0.4, -0.2) is 26.3 Å². The first-order valence-corrected chi connectivity index (χ1v) is 6.46. The van der Waals surface area contributed by atoms with Gasteiger partial charge in [-0.1, -0.05) is 13.8 Å². The van der Waals surface area contributed by atoms with E-state index < -0.39 is 0 Å². The van der Waals surface area contributed by atoms with Crippen LogP contribution in [0.5, 0.6) is 0 Å². The molecule has 3 nitrogen and oxygen atoms in total. The monoisotopic (exact) mass is 239 g/mol. The quantitative estimate of drug-likeness (QED) is 0.791. The van der Waals surface area contributed by atoms with Gasteiger partial charge in [0.1, 0.15) is 0 Å². The van der Waals surface area contributed by atoms with Gasteiger partial charge in [0, 0.05) is 24.0 Å². The molecule has 1 aliphatic heterocycles. The number of nitrogens with zero attached hydrogens (tertiary/aromatic N) is 1. The molecule has 2 heterocycles. The summed E-state index contributed by atoms with van der Waals surface area (Å²) in [7, 11) is 0. The highest BCUT2D eigenvalue weighted by atomic mass is 32.1. The van der Waals surface area contributed by atoms with Crippen LogP contribution in [0.4, 0.5) is 5.00 Å². The minimum absolute atomic E-state index is 0.115. The summed E-state index contributed by atoms with van der Waals surface area (Å²) in [6.07, 6.45) is 0.